The summed E-state index contributed by atoms with van der Waals surface area (Å²) < 4.78 is 47.9. The van der Waals surface area contributed by atoms with Crippen molar-refractivity contribution >= 4 is 81.7 Å². The van der Waals surface area contributed by atoms with Gasteiger partial charge in [-0.25, -0.2) is 38.3 Å². The lowest BCUT2D eigenvalue weighted by Gasteiger charge is -2.11. The van der Waals surface area contributed by atoms with E-state index in [0.717, 1.165) is 7.11 Å². The summed E-state index contributed by atoms with van der Waals surface area (Å²) in [4.78, 5) is 39.4. The van der Waals surface area contributed by atoms with Gasteiger partial charge in [0.2, 0.25) is 0 Å². The van der Waals surface area contributed by atoms with Crippen molar-refractivity contribution in [2.24, 2.45) is 0 Å². The lowest BCUT2D eigenvalue weighted by Crippen LogP contribution is -2.09. The molecule has 10 nitrogen and oxygen atoms in total. The minimum absolute atomic E-state index is 0.0217. The molecular formula is C27H19Cl5F2N4O6S. The Kier molecular flexibility index (Phi) is 12.8. The minimum Gasteiger partial charge on any atom is -0.492 e. The first kappa shape index (κ1) is 36.3. The van der Waals surface area contributed by atoms with Crippen molar-refractivity contribution in [3.63, 3.8) is 0 Å². The van der Waals surface area contributed by atoms with Gasteiger partial charge in [-0.2, -0.15) is 0 Å². The van der Waals surface area contributed by atoms with Crippen LogP contribution in [0.4, 0.5) is 8.78 Å². The lowest BCUT2D eigenvalue weighted by atomic mass is 10.1. The van der Waals surface area contributed by atoms with Crippen molar-refractivity contribution in [1.82, 2.24) is 19.9 Å². The predicted octanol–water partition coefficient (Wildman–Crippen LogP) is 8.14. The molecule has 2 aromatic carbocycles. The quantitative estimate of drug-likeness (QED) is 0.104. The third kappa shape index (κ3) is 7.79. The molecule has 0 spiro atoms. The van der Waals surface area contributed by atoms with Gasteiger partial charge in [-0.3, -0.25) is 0 Å². The summed E-state index contributed by atoms with van der Waals surface area (Å²) in [5.74, 6) is -3.56. The Balaban J connectivity index is 0.000000246. The van der Waals surface area contributed by atoms with E-state index in [9.17, 15) is 18.4 Å². The Morgan fingerprint density at radius 3 is 1.49 bits per heavy atom. The second-order valence-electron chi connectivity index (χ2n) is 8.09. The average molecular weight is 743 g/mol. The molecule has 0 bridgehead atoms. The van der Waals surface area contributed by atoms with Crippen molar-refractivity contribution in [2.45, 2.75) is 5.03 Å². The van der Waals surface area contributed by atoms with Gasteiger partial charge in [-0.05, 0) is 30.5 Å². The summed E-state index contributed by atoms with van der Waals surface area (Å²) >= 11 is 30.7. The fourth-order valence-electron chi connectivity index (χ4n) is 3.47. The van der Waals surface area contributed by atoms with Crippen LogP contribution in [0, 0.1) is 11.6 Å². The molecule has 0 atom stereocenters. The Labute approximate surface area is 284 Å². The molecule has 2 heterocycles. The number of halogens is 7. The second-order valence-corrected chi connectivity index (χ2v) is 10.8. The number of aromatic nitrogens is 4. The number of carbonyl (C=O) groups excluding carboxylic acids is 2. The average Bonchev–Trinajstić information content (AvgIpc) is 3.02. The Hall–Kier alpha value is -3.20. The van der Waals surface area contributed by atoms with Crippen LogP contribution in [0.25, 0.3) is 22.8 Å². The summed E-state index contributed by atoms with van der Waals surface area (Å²) in [6, 6.07) is 5.59. The monoisotopic (exact) mass is 740 g/mol. The molecule has 45 heavy (non-hydrogen) atoms. The zero-order chi connectivity index (χ0) is 33.6. The van der Waals surface area contributed by atoms with Crippen LogP contribution < -0.4 is 9.47 Å². The van der Waals surface area contributed by atoms with Crippen LogP contribution in [0.2, 0.25) is 25.2 Å². The maximum Gasteiger partial charge on any atom is 0.358 e. The smallest absolute Gasteiger partial charge is 0.358 e. The Morgan fingerprint density at radius 2 is 1.09 bits per heavy atom. The standard InChI is InChI=1S/C14H11Cl2FN2O3S.C13H8Cl3FN2O3/c1-21-11-7(15)5-4-6(9(11)17)12-18-10(14(20)22-2)8(16)13(19-12)23-3;1-21-10-6(14)4-3-5(8(10)17)12-18-9(13(20)22-2)7(15)11(16)19-12/h4-5H,1-3H3;3-4H,1-2H3. The van der Waals surface area contributed by atoms with Gasteiger partial charge in [-0.15, -0.1) is 11.8 Å². The zero-order valence-electron chi connectivity index (χ0n) is 23.6. The molecule has 0 N–H and O–H groups in total. The number of rotatable bonds is 7. The van der Waals surface area contributed by atoms with Gasteiger partial charge >= 0.3 is 11.9 Å². The number of hydrogen-bond acceptors (Lipinski definition) is 11. The molecule has 0 saturated carbocycles. The first-order chi connectivity index (χ1) is 21.3. The molecule has 4 rings (SSSR count). The summed E-state index contributed by atoms with van der Waals surface area (Å²) in [6.45, 7) is 0. The van der Waals surface area contributed by atoms with E-state index in [1.807, 2.05) is 0 Å². The first-order valence-electron chi connectivity index (χ1n) is 11.9. The van der Waals surface area contributed by atoms with E-state index in [1.54, 1.807) is 6.26 Å². The van der Waals surface area contributed by atoms with Crippen LogP contribution in [0.15, 0.2) is 29.3 Å². The van der Waals surface area contributed by atoms with Gasteiger partial charge in [0, 0.05) is 0 Å². The van der Waals surface area contributed by atoms with E-state index < -0.39 is 23.6 Å². The van der Waals surface area contributed by atoms with E-state index in [2.05, 4.69) is 29.4 Å². The molecule has 0 amide bonds. The van der Waals surface area contributed by atoms with Crippen molar-refractivity contribution in [2.75, 3.05) is 34.7 Å². The number of methoxy groups -OCH3 is 4. The summed E-state index contributed by atoms with van der Waals surface area (Å²) in [5, 5.41) is 0.178. The normalized spacial score (nSPS) is 10.5. The molecule has 0 aliphatic rings. The minimum atomic E-state index is -0.822. The highest BCUT2D eigenvalue weighted by Gasteiger charge is 2.24. The van der Waals surface area contributed by atoms with Crippen LogP contribution in [-0.4, -0.2) is 66.6 Å². The third-order valence-corrected chi connectivity index (χ3v) is 8.05. The number of benzene rings is 2. The van der Waals surface area contributed by atoms with Gasteiger partial charge in [0.05, 0.1) is 49.6 Å². The molecule has 238 valence electrons. The SMILES string of the molecule is COC(=O)c1nc(-c2ccc(Cl)c(OC)c2F)nc(Cl)c1Cl.COC(=O)c1nc(-c2ccc(Cl)c(OC)c2F)nc(SC)c1Cl. The second kappa shape index (κ2) is 15.9. The van der Waals surface area contributed by atoms with E-state index >= 15 is 0 Å². The van der Waals surface area contributed by atoms with Gasteiger partial charge in [0.1, 0.15) is 15.1 Å². The van der Waals surface area contributed by atoms with Crippen LogP contribution in [-0.2, 0) is 9.47 Å². The summed E-state index contributed by atoms with van der Waals surface area (Å²) in [7, 11) is 4.92. The molecule has 0 radical (unpaired) electrons. The number of nitrogens with zero attached hydrogens (tertiary/aromatic N) is 4. The maximum absolute atomic E-state index is 14.5. The largest absolute Gasteiger partial charge is 0.492 e. The fourth-order valence-corrected chi connectivity index (χ4v) is 5.10. The number of ether oxygens (including phenoxy) is 4. The van der Waals surface area contributed by atoms with Crippen molar-refractivity contribution in [3.8, 4) is 34.3 Å². The van der Waals surface area contributed by atoms with Gasteiger partial charge in [0.15, 0.2) is 51.3 Å². The maximum atomic E-state index is 14.5. The van der Waals surface area contributed by atoms with Gasteiger partial charge < -0.3 is 18.9 Å². The van der Waals surface area contributed by atoms with Crippen LogP contribution >= 0.6 is 69.8 Å². The molecular weight excluding hydrogens is 724 g/mol. The molecule has 18 heteroatoms. The van der Waals surface area contributed by atoms with Gasteiger partial charge in [0.25, 0.3) is 0 Å². The topological polar surface area (TPSA) is 123 Å². The van der Waals surface area contributed by atoms with Crippen molar-refractivity contribution in [3.05, 3.63) is 72.5 Å². The highest BCUT2D eigenvalue weighted by Crippen LogP contribution is 2.37. The summed E-state index contributed by atoms with van der Waals surface area (Å²) in [5.41, 5.74) is -0.433. The molecule has 0 fully saturated rings. The third-order valence-electron chi connectivity index (χ3n) is 5.57. The number of esters is 2. The molecule has 2 aromatic heterocycles. The molecule has 0 unspecified atom stereocenters. The van der Waals surface area contributed by atoms with Crippen molar-refractivity contribution in [1.29, 1.82) is 0 Å². The summed E-state index contributed by atoms with van der Waals surface area (Å²) in [6.07, 6.45) is 1.72. The molecule has 4 aromatic rings. The van der Waals surface area contributed by atoms with E-state index in [0.29, 0.717) is 5.03 Å². The first-order valence-corrected chi connectivity index (χ1v) is 15.0. The van der Waals surface area contributed by atoms with E-state index in [-0.39, 0.29) is 70.9 Å². The molecule has 0 aliphatic heterocycles. The number of hydrogen-bond donors (Lipinski definition) is 0. The van der Waals surface area contributed by atoms with Crippen LogP contribution in [0.1, 0.15) is 21.0 Å². The Bertz CT molecular complexity index is 1790. The predicted molar refractivity (Wildman–Crippen MR) is 167 cm³/mol. The zero-order valence-corrected chi connectivity index (χ0v) is 28.2. The van der Waals surface area contributed by atoms with Gasteiger partial charge in [-0.1, -0.05) is 58.0 Å². The number of carbonyl (C=O) groups is 2. The highest BCUT2D eigenvalue weighted by molar-refractivity contribution is 7.98. The van der Waals surface area contributed by atoms with Crippen LogP contribution in [0.5, 0.6) is 11.5 Å². The molecule has 0 saturated heterocycles. The highest BCUT2D eigenvalue weighted by atomic mass is 35.5. The fraction of sp³-hybridized carbons (Fsp3) is 0.185. The Morgan fingerprint density at radius 1 is 0.667 bits per heavy atom. The molecule has 0 aliphatic carbocycles. The van der Waals surface area contributed by atoms with E-state index in [4.69, 9.17) is 67.5 Å². The van der Waals surface area contributed by atoms with E-state index in [1.165, 1.54) is 57.4 Å². The number of thioether (sulfide) groups is 1. The lowest BCUT2D eigenvalue weighted by molar-refractivity contribution is 0.0585. The van der Waals surface area contributed by atoms with Crippen LogP contribution in [0.3, 0.4) is 0 Å². The van der Waals surface area contributed by atoms with Crippen molar-refractivity contribution < 1.29 is 37.3 Å².